The number of hydrogen-bond acceptors (Lipinski definition) is 3. The average Bonchev–Trinajstić information content (AvgIpc) is 3.22. The lowest BCUT2D eigenvalue weighted by Gasteiger charge is -2.13. The van der Waals surface area contributed by atoms with Crippen LogP contribution in [0.2, 0.25) is 0 Å². The number of ether oxygens (including phenoxy) is 1. The van der Waals surface area contributed by atoms with Gasteiger partial charge in [-0.05, 0) is 43.0 Å². The first-order chi connectivity index (χ1) is 9.56. The van der Waals surface area contributed by atoms with Crippen molar-refractivity contribution in [1.82, 2.24) is 5.32 Å². The van der Waals surface area contributed by atoms with Gasteiger partial charge in [0.2, 0.25) is 5.91 Å². The predicted molar refractivity (Wildman–Crippen MR) is 68.8 cm³/mol. The summed E-state index contributed by atoms with van der Waals surface area (Å²) in [6, 6.07) is 4.68. The van der Waals surface area contributed by atoms with Gasteiger partial charge in [0.15, 0.2) is 0 Å². The Morgan fingerprint density at radius 3 is 2.55 bits per heavy atom. The van der Waals surface area contributed by atoms with Crippen molar-refractivity contribution in [2.45, 2.75) is 25.3 Å². The van der Waals surface area contributed by atoms with Crippen LogP contribution in [0.15, 0.2) is 24.3 Å². The van der Waals surface area contributed by atoms with Crippen LogP contribution in [0.1, 0.15) is 19.3 Å². The van der Waals surface area contributed by atoms with Crippen LogP contribution in [0, 0.1) is 11.7 Å². The van der Waals surface area contributed by atoms with Crippen molar-refractivity contribution in [2.24, 2.45) is 5.92 Å². The van der Waals surface area contributed by atoms with Crippen molar-refractivity contribution in [3.8, 4) is 5.75 Å². The van der Waals surface area contributed by atoms with E-state index in [4.69, 9.17) is 9.84 Å². The molecule has 2 N–H and O–H groups in total. The van der Waals surface area contributed by atoms with Gasteiger partial charge in [-0.1, -0.05) is 0 Å². The molecule has 1 aliphatic rings. The smallest absolute Gasteiger partial charge is 0.326 e. The number of carbonyl (C=O) groups excluding carboxylic acids is 1. The average molecular weight is 281 g/mol. The zero-order valence-corrected chi connectivity index (χ0v) is 10.8. The molecule has 0 saturated heterocycles. The standard InChI is InChI=1S/C14H16FNO4/c15-10-3-5-11(6-4-10)20-8-7-12(17)16-13(14(18)19)9-1-2-9/h3-6,9,13H,1-2,7-8H2,(H,16,17)(H,18,19). The highest BCUT2D eigenvalue weighted by Crippen LogP contribution is 2.32. The molecule has 0 aromatic heterocycles. The molecule has 1 fully saturated rings. The van der Waals surface area contributed by atoms with E-state index in [-0.39, 0.29) is 30.7 Å². The number of nitrogens with one attached hydrogen (secondary N) is 1. The van der Waals surface area contributed by atoms with Gasteiger partial charge in [-0.15, -0.1) is 0 Å². The largest absolute Gasteiger partial charge is 0.493 e. The van der Waals surface area contributed by atoms with Crippen molar-refractivity contribution < 1.29 is 23.8 Å². The Hall–Kier alpha value is -2.11. The quantitative estimate of drug-likeness (QED) is 0.795. The van der Waals surface area contributed by atoms with E-state index in [0.717, 1.165) is 12.8 Å². The van der Waals surface area contributed by atoms with Gasteiger partial charge < -0.3 is 15.2 Å². The fraction of sp³-hybridized carbons (Fsp3) is 0.429. The number of amides is 1. The second-order valence-electron chi connectivity index (χ2n) is 4.77. The van der Waals surface area contributed by atoms with Crippen LogP contribution in [0.4, 0.5) is 4.39 Å². The van der Waals surface area contributed by atoms with Crippen LogP contribution in [0.25, 0.3) is 0 Å². The Kier molecular flexibility index (Phi) is 4.55. The van der Waals surface area contributed by atoms with E-state index in [0.29, 0.717) is 5.75 Å². The number of carboxylic acids is 1. The Morgan fingerprint density at radius 2 is 2.00 bits per heavy atom. The molecule has 0 radical (unpaired) electrons. The summed E-state index contributed by atoms with van der Waals surface area (Å²) >= 11 is 0. The third kappa shape index (κ3) is 4.22. The Morgan fingerprint density at radius 1 is 1.35 bits per heavy atom. The highest BCUT2D eigenvalue weighted by atomic mass is 19.1. The van der Waals surface area contributed by atoms with E-state index in [1.54, 1.807) is 0 Å². The number of halogens is 1. The lowest BCUT2D eigenvalue weighted by atomic mass is 10.2. The number of aliphatic carboxylic acids is 1. The number of rotatable bonds is 7. The molecule has 6 heteroatoms. The summed E-state index contributed by atoms with van der Waals surface area (Å²) in [5.74, 6) is -1.19. The molecule has 2 rings (SSSR count). The van der Waals surface area contributed by atoms with E-state index in [2.05, 4.69) is 5.32 Å². The molecule has 1 unspecified atom stereocenters. The molecule has 5 nitrogen and oxygen atoms in total. The topological polar surface area (TPSA) is 75.6 Å². The van der Waals surface area contributed by atoms with Crippen molar-refractivity contribution in [2.75, 3.05) is 6.61 Å². The predicted octanol–water partition coefficient (Wildman–Crippen LogP) is 1.57. The van der Waals surface area contributed by atoms with Crippen molar-refractivity contribution in [3.05, 3.63) is 30.1 Å². The third-order valence-electron chi connectivity index (χ3n) is 3.09. The molecule has 1 aromatic rings. The van der Waals surface area contributed by atoms with Crippen molar-refractivity contribution in [3.63, 3.8) is 0 Å². The molecule has 0 bridgehead atoms. The van der Waals surface area contributed by atoms with Crippen LogP contribution in [0.5, 0.6) is 5.75 Å². The maximum absolute atomic E-state index is 12.7. The van der Waals surface area contributed by atoms with Crippen LogP contribution < -0.4 is 10.1 Å². The Bertz CT molecular complexity index is 484. The molecule has 108 valence electrons. The molecule has 0 heterocycles. The highest BCUT2D eigenvalue weighted by molar-refractivity contribution is 5.84. The van der Waals surface area contributed by atoms with Gasteiger partial charge in [0.1, 0.15) is 17.6 Å². The first-order valence-corrected chi connectivity index (χ1v) is 6.47. The normalized spacial score (nSPS) is 15.4. The zero-order valence-electron chi connectivity index (χ0n) is 10.8. The van der Waals surface area contributed by atoms with Crippen LogP contribution in [-0.4, -0.2) is 29.6 Å². The summed E-state index contributed by atoms with van der Waals surface area (Å²) in [6.07, 6.45) is 1.74. The fourth-order valence-electron chi connectivity index (χ4n) is 1.85. The van der Waals surface area contributed by atoms with Crippen molar-refractivity contribution in [1.29, 1.82) is 0 Å². The monoisotopic (exact) mass is 281 g/mol. The highest BCUT2D eigenvalue weighted by Gasteiger charge is 2.37. The minimum absolute atomic E-state index is 0.0504. The van der Waals surface area contributed by atoms with Gasteiger partial charge in [0.05, 0.1) is 13.0 Å². The fourth-order valence-corrected chi connectivity index (χ4v) is 1.85. The number of hydrogen-bond donors (Lipinski definition) is 2. The molecule has 0 aliphatic heterocycles. The van der Waals surface area contributed by atoms with Crippen LogP contribution in [0.3, 0.4) is 0 Å². The number of carbonyl (C=O) groups is 2. The molecule has 1 aliphatic carbocycles. The van der Waals surface area contributed by atoms with Gasteiger partial charge in [-0.25, -0.2) is 9.18 Å². The van der Waals surface area contributed by atoms with E-state index in [9.17, 15) is 14.0 Å². The minimum atomic E-state index is -1.000. The summed E-state index contributed by atoms with van der Waals surface area (Å²) in [4.78, 5) is 22.6. The van der Waals surface area contributed by atoms with E-state index in [1.807, 2.05) is 0 Å². The third-order valence-corrected chi connectivity index (χ3v) is 3.09. The summed E-state index contributed by atoms with van der Waals surface area (Å²) in [6.45, 7) is 0.120. The van der Waals surface area contributed by atoms with E-state index >= 15 is 0 Å². The van der Waals surface area contributed by atoms with Gasteiger partial charge in [0, 0.05) is 0 Å². The van der Waals surface area contributed by atoms with Gasteiger partial charge >= 0.3 is 5.97 Å². The molecular formula is C14H16FNO4. The maximum atomic E-state index is 12.7. The minimum Gasteiger partial charge on any atom is -0.493 e. The number of carboxylic acid groups (broad SMARTS) is 1. The zero-order chi connectivity index (χ0) is 14.5. The molecule has 20 heavy (non-hydrogen) atoms. The summed E-state index contributed by atoms with van der Waals surface area (Å²) in [7, 11) is 0. The second kappa shape index (κ2) is 6.36. The van der Waals surface area contributed by atoms with E-state index in [1.165, 1.54) is 24.3 Å². The SMILES string of the molecule is O=C(CCOc1ccc(F)cc1)NC(C(=O)O)C1CC1. The first kappa shape index (κ1) is 14.3. The number of benzene rings is 1. The lowest BCUT2D eigenvalue weighted by molar-refractivity contribution is -0.142. The van der Waals surface area contributed by atoms with Crippen LogP contribution in [-0.2, 0) is 9.59 Å². The van der Waals surface area contributed by atoms with Gasteiger partial charge in [0.25, 0.3) is 0 Å². The van der Waals surface area contributed by atoms with Crippen molar-refractivity contribution >= 4 is 11.9 Å². The molecule has 1 atom stereocenters. The van der Waals surface area contributed by atoms with Gasteiger partial charge in [-0.2, -0.15) is 0 Å². The Balaban J connectivity index is 1.72. The summed E-state index contributed by atoms with van der Waals surface area (Å²) in [5.41, 5.74) is 0. The summed E-state index contributed by atoms with van der Waals surface area (Å²) in [5, 5.41) is 11.5. The molecular weight excluding hydrogens is 265 g/mol. The maximum Gasteiger partial charge on any atom is 0.326 e. The summed E-state index contributed by atoms with van der Waals surface area (Å²) < 4.78 is 17.9. The molecule has 0 spiro atoms. The Labute approximate surface area is 115 Å². The molecule has 1 amide bonds. The second-order valence-corrected chi connectivity index (χ2v) is 4.77. The lowest BCUT2D eigenvalue weighted by Crippen LogP contribution is -2.42. The van der Waals surface area contributed by atoms with Gasteiger partial charge in [-0.3, -0.25) is 4.79 Å². The molecule has 1 saturated carbocycles. The van der Waals surface area contributed by atoms with E-state index < -0.39 is 12.0 Å². The van der Waals surface area contributed by atoms with Crippen LogP contribution >= 0.6 is 0 Å². The first-order valence-electron chi connectivity index (χ1n) is 6.47. The molecule has 1 aromatic carbocycles.